The molecule has 1 aromatic heterocycles. The molecule has 2 aromatic rings. The SMILES string of the molecule is CSc1cc(NC(C)(CN)c2ccccc2)ncn1. The summed E-state index contributed by atoms with van der Waals surface area (Å²) >= 11 is 1.59. The zero-order valence-corrected chi connectivity index (χ0v) is 11.9. The van der Waals surface area contributed by atoms with E-state index < -0.39 is 0 Å². The number of aromatic nitrogens is 2. The van der Waals surface area contributed by atoms with Crippen molar-refractivity contribution in [3.63, 3.8) is 0 Å². The maximum atomic E-state index is 5.95. The number of rotatable bonds is 5. The van der Waals surface area contributed by atoms with Gasteiger partial charge in [-0.05, 0) is 18.7 Å². The van der Waals surface area contributed by atoms with Crippen molar-refractivity contribution >= 4 is 17.6 Å². The fraction of sp³-hybridized carbons (Fsp3) is 0.286. The van der Waals surface area contributed by atoms with E-state index in [1.165, 1.54) is 0 Å². The van der Waals surface area contributed by atoms with E-state index in [4.69, 9.17) is 5.73 Å². The van der Waals surface area contributed by atoms with Gasteiger partial charge in [0.2, 0.25) is 0 Å². The Morgan fingerprint density at radius 2 is 2.00 bits per heavy atom. The van der Waals surface area contributed by atoms with Gasteiger partial charge in [-0.15, -0.1) is 11.8 Å². The normalized spacial score (nSPS) is 13.8. The summed E-state index contributed by atoms with van der Waals surface area (Å²) in [6, 6.07) is 12.1. The minimum Gasteiger partial charge on any atom is -0.359 e. The zero-order chi connectivity index (χ0) is 13.7. The molecular weight excluding hydrogens is 256 g/mol. The molecule has 0 aliphatic heterocycles. The summed E-state index contributed by atoms with van der Waals surface area (Å²) in [6.45, 7) is 2.55. The molecule has 1 aromatic carbocycles. The second-order valence-corrected chi connectivity index (χ2v) is 5.30. The number of hydrogen-bond donors (Lipinski definition) is 2. The topological polar surface area (TPSA) is 63.8 Å². The summed E-state index contributed by atoms with van der Waals surface area (Å²) in [4.78, 5) is 8.42. The van der Waals surface area contributed by atoms with Gasteiger partial charge in [0.05, 0.1) is 5.54 Å². The number of hydrogen-bond acceptors (Lipinski definition) is 5. The molecule has 0 aliphatic carbocycles. The number of nitrogens with one attached hydrogen (secondary N) is 1. The Balaban J connectivity index is 2.27. The molecule has 1 heterocycles. The Labute approximate surface area is 117 Å². The second-order valence-electron chi connectivity index (χ2n) is 4.47. The molecule has 0 saturated carbocycles. The zero-order valence-electron chi connectivity index (χ0n) is 11.1. The monoisotopic (exact) mass is 274 g/mol. The Hall–Kier alpha value is -1.59. The van der Waals surface area contributed by atoms with Gasteiger partial charge in [-0.1, -0.05) is 30.3 Å². The van der Waals surface area contributed by atoms with Gasteiger partial charge >= 0.3 is 0 Å². The summed E-state index contributed by atoms with van der Waals surface area (Å²) in [5, 5.41) is 4.34. The number of anilines is 1. The predicted molar refractivity (Wildman–Crippen MR) is 80.3 cm³/mol. The van der Waals surface area contributed by atoms with E-state index in [1.807, 2.05) is 30.5 Å². The number of benzene rings is 1. The van der Waals surface area contributed by atoms with Crippen molar-refractivity contribution in [2.45, 2.75) is 17.5 Å². The first kappa shape index (κ1) is 13.8. The smallest absolute Gasteiger partial charge is 0.131 e. The average Bonchev–Trinajstić information content (AvgIpc) is 2.48. The van der Waals surface area contributed by atoms with Crippen molar-refractivity contribution in [2.24, 2.45) is 5.73 Å². The van der Waals surface area contributed by atoms with Crippen LogP contribution in [0.3, 0.4) is 0 Å². The third-order valence-corrected chi connectivity index (χ3v) is 3.72. The highest BCUT2D eigenvalue weighted by molar-refractivity contribution is 7.98. The Morgan fingerprint density at radius 1 is 1.26 bits per heavy atom. The molecule has 100 valence electrons. The Morgan fingerprint density at radius 3 is 2.63 bits per heavy atom. The summed E-state index contributed by atoms with van der Waals surface area (Å²) in [5.41, 5.74) is 6.74. The highest BCUT2D eigenvalue weighted by Crippen LogP contribution is 2.25. The van der Waals surface area contributed by atoms with E-state index >= 15 is 0 Å². The third-order valence-electron chi connectivity index (χ3n) is 3.07. The van der Waals surface area contributed by atoms with Crippen molar-refractivity contribution in [2.75, 3.05) is 18.1 Å². The lowest BCUT2D eigenvalue weighted by Gasteiger charge is -2.30. The second kappa shape index (κ2) is 6.04. The molecule has 1 atom stereocenters. The standard InChI is InChI=1S/C14H18N4S/c1-14(9-15,11-6-4-3-5-7-11)18-12-8-13(19-2)17-10-16-12/h3-8,10H,9,15H2,1-2H3,(H,16,17,18). The third kappa shape index (κ3) is 3.24. The van der Waals surface area contributed by atoms with Crippen LogP contribution in [0.15, 0.2) is 47.8 Å². The molecular formula is C14H18N4S. The van der Waals surface area contributed by atoms with E-state index in [2.05, 4.69) is 34.3 Å². The van der Waals surface area contributed by atoms with Gasteiger partial charge in [-0.25, -0.2) is 9.97 Å². The van der Waals surface area contributed by atoms with Crippen molar-refractivity contribution in [1.29, 1.82) is 0 Å². The van der Waals surface area contributed by atoms with Crippen LogP contribution in [-0.4, -0.2) is 22.8 Å². The van der Waals surface area contributed by atoms with Crippen molar-refractivity contribution < 1.29 is 0 Å². The molecule has 0 spiro atoms. The summed E-state index contributed by atoms with van der Waals surface area (Å²) < 4.78 is 0. The van der Waals surface area contributed by atoms with Gasteiger partial charge in [0.1, 0.15) is 17.2 Å². The predicted octanol–water partition coefficient (Wildman–Crippen LogP) is 2.48. The lowest BCUT2D eigenvalue weighted by Crippen LogP contribution is -2.40. The molecule has 0 aliphatic rings. The van der Waals surface area contributed by atoms with Crippen LogP contribution in [0, 0.1) is 0 Å². The maximum absolute atomic E-state index is 5.95. The minimum atomic E-state index is -0.342. The van der Waals surface area contributed by atoms with Gasteiger partial charge in [0, 0.05) is 12.6 Å². The summed E-state index contributed by atoms with van der Waals surface area (Å²) in [5.74, 6) is 0.788. The molecule has 0 saturated heterocycles. The van der Waals surface area contributed by atoms with Crippen LogP contribution in [-0.2, 0) is 5.54 Å². The first-order chi connectivity index (χ1) is 9.18. The van der Waals surface area contributed by atoms with Gasteiger partial charge in [0.15, 0.2) is 0 Å². The lowest BCUT2D eigenvalue weighted by molar-refractivity contribution is 0.553. The fourth-order valence-corrected chi connectivity index (χ4v) is 2.23. The summed E-state index contributed by atoms with van der Waals surface area (Å²) in [7, 11) is 0. The van der Waals surface area contributed by atoms with E-state index in [9.17, 15) is 0 Å². The maximum Gasteiger partial charge on any atom is 0.131 e. The fourth-order valence-electron chi connectivity index (χ4n) is 1.85. The number of nitrogens with two attached hydrogens (primary N) is 1. The van der Waals surface area contributed by atoms with E-state index in [0.717, 1.165) is 16.4 Å². The van der Waals surface area contributed by atoms with Gasteiger partial charge in [-0.3, -0.25) is 0 Å². The van der Waals surface area contributed by atoms with Crippen molar-refractivity contribution in [3.8, 4) is 0 Å². The van der Waals surface area contributed by atoms with Crippen LogP contribution in [0.4, 0.5) is 5.82 Å². The minimum absolute atomic E-state index is 0.342. The van der Waals surface area contributed by atoms with Crippen LogP contribution in [0.25, 0.3) is 0 Å². The van der Waals surface area contributed by atoms with Crippen molar-refractivity contribution in [3.05, 3.63) is 48.3 Å². The van der Waals surface area contributed by atoms with Crippen molar-refractivity contribution in [1.82, 2.24) is 9.97 Å². The molecule has 0 bridgehead atoms. The van der Waals surface area contributed by atoms with Crippen LogP contribution in [0.1, 0.15) is 12.5 Å². The summed E-state index contributed by atoms with van der Waals surface area (Å²) in [6.07, 6.45) is 3.56. The van der Waals surface area contributed by atoms with E-state index in [-0.39, 0.29) is 5.54 Å². The molecule has 3 N–H and O–H groups in total. The van der Waals surface area contributed by atoms with Gasteiger partial charge < -0.3 is 11.1 Å². The highest BCUT2D eigenvalue weighted by atomic mass is 32.2. The van der Waals surface area contributed by atoms with Crippen LogP contribution in [0.5, 0.6) is 0 Å². The van der Waals surface area contributed by atoms with Gasteiger partial charge in [0.25, 0.3) is 0 Å². The molecule has 0 amide bonds. The molecule has 0 fully saturated rings. The Bertz CT molecular complexity index is 532. The average molecular weight is 274 g/mol. The van der Waals surface area contributed by atoms with Gasteiger partial charge in [-0.2, -0.15) is 0 Å². The van der Waals surface area contributed by atoms with Crippen LogP contribution < -0.4 is 11.1 Å². The number of nitrogens with zero attached hydrogens (tertiary/aromatic N) is 2. The first-order valence-electron chi connectivity index (χ1n) is 6.08. The van der Waals surface area contributed by atoms with E-state index in [1.54, 1.807) is 18.1 Å². The Kier molecular flexibility index (Phi) is 4.39. The molecule has 5 heteroatoms. The van der Waals surface area contributed by atoms with Crippen LogP contribution in [0.2, 0.25) is 0 Å². The quantitative estimate of drug-likeness (QED) is 0.648. The molecule has 2 rings (SSSR count). The molecule has 19 heavy (non-hydrogen) atoms. The largest absolute Gasteiger partial charge is 0.359 e. The van der Waals surface area contributed by atoms with E-state index in [0.29, 0.717) is 6.54 Å². The van der Waals surface area contributed by atoms with Crippen LogP contribution >= 0.6 is 11.8 Å². The molecule has 0 radical (unpaired) electrons. The first-order valence-corrected chi connectivity index (χ1v) is 7.30. The molecule has 1 unspecified atom stereocenters. The molecule has 4 nitrogen and oxygen atoms in total. The number of thioether (sulfide) groups is 1. The highest BCUT2D eigenvalue weighted by Gasteiger charge is 2.25. The lowest BCUT2D eigenvalue weighted by atomic mass is 9.92.